The molecule has 0 heterocycles. The van der Waals surface area contributed by atoms with Crippen LogP contribution in [0.15, 0.2) is 24.3 Å². The highest BCUT2D eigenvalue weighted by Gasteiger charge is 2.07. The van der Waals surface area contributed by atoms with Gasteiger partial charge in [0.1, 0.15) is 0 Å². The van der Waals surface area contributed by atoms with Crippen LogP contribution >= 0.6 is 0 Å². The van der Waals surface area contributed by atoms with Crippen LogP contribution in [0.4, 0.5) is 0 Å². The van der Waals surface area contributed by atoms with Crippen molar-refractivity contribution in [2.75, 3.05) is 13.2 Å². The average Bonchev–Trinajstić information content (AvgIpc) is 2.28. The van der Waals surface area contributed by atoms with Crippen LogP contribution in [0.25, 0.3) is 0 Å². The fourth-order valence-corrected chi connectivity index (χ4v) is 1.61. The largest absolute Gasteiger partial charge is 0.466 e. The van der Waals surface area contributed by atoms with E-state index >= 15 is 0 Å². The Kier molecular flexibility index (Phi) is 5.57. The second kappa shape index (κ2) is 7.01. The summed E-state index contributed by atoms with van der Waals surface area (Å²) < 4.78 is 4.92. The van der Waals surface area contributed by atoms with Crippen molar-refractivity contribution >= 4 is 5.97 Å². The topological polar surface area (TPSA) is 46.5 Å². The highest BCUT2D eigenvalue weighted by Crippen LogP contribution is 2.12. The maximum absolute atomic E-state index is 11.4. The lowest BCUT2D eigenvalue weighted by Crippen LogP contribution is -2.09. The van der Waals surface area contributed by atoms with E-state index in [4.69, 9.17) is 9.84 Å². The Morgan fingerprint density at radius 1 is 1.31 bits per heavy atom. The summed E-state index contributed by atoms with van der Waals surface area (Å²) >= 11 is 0. The number of rotatable bonds is 6. The van der Waals surface area contributed by atoms with Crippen LogP contribution in [0.5, 0.6) is 0 Å². The van der Waals surface area contributed by atoms with Gasteiger partial charge >= 0.3 is 5.97 Å². The predicted octanol–water partition coefficient (Wildman–Crippen LogP) is 1.72. The Morgan fingerprint density at radius 2 is 2.00 bits per heavy atom. The van der Waals surface area contributed by atoms with Gasteiger partial charge in [-0.25, -0.2) is 0 Å². The fraction of sp³-hybridized carbons (Fsp3) is 0.462. The van der Waals surface area contributed by atoms with Gasteiger partial charge in [0.25, 0.3) is 0 Å². The molecule has 0 aliphatic rings. The molecule has 3 heteroatoms. The number of aliphatic hydroxyl groups excluding tert-OH is 1. The number of aliphatic hydroxyl groups is 1. The van der Waals surface area contributed by atoms with Gasteiger partial charge in [0.15, 0.2) is 0 Å². The Labute approximate surface area is 96.1 Å². The third-order valence-corrected chi connectivity index (χ3v) is 2.36. The summed E-state index contributed by atoms with van der Waals surface area (Å²) in [7, 11) is 0. The van der Waals surface area contributed by atoms with Crippen molar-refractivity contribution < 1.29 is 14.6 Å². The van der Waals surface area contributed by atoms with Crippen molar-refractivity contribution in [1.29, 1.82) is 0 Å². The van der Waals surface area contributed by atoms with Crippen LogP contribution in [0, 0.1) is 0 Å². The molecule has 0 aliphatic heterocycles. The Hall–Kier alpha value is -1.35. The molecule has 0 saturated heterocycles. The van der Waals surface area contributed by atoms with E-state index in [-0.39, 0.29) is 12.6 Å². The summed E-state index contributed by atoms with van der Waals surface area (Å²) in [4.78, 5) is 11.4. The zero-order valence-electron chi connectivity index (χ0n) is 9.61. The second-order valence-corrected chi connectivity index (χ2v) is 3.58. The molecule has 0 spiro atoms. The third kappa shape index (κ3) is 4.03. The van der Waals surface area contributed by atoms with Crippen LogP contribution in [0.1, 0.15) is 24.5 Å². The first kappa shape index (κ1) is 12.7. The molecule has 0 amide bonds. The Morgan fingerprint density at radius 3 is 2.62 bits per heavy atom. The minimum absolute atomic E-state index is 0.174. The van der Waals surface area contributed by atoms with Crippen molar-refractivity contribution in [3.63, 3.8) is 0 Å². The monoisotopic (exact) mass is 222 g/mol. The highest BCUT2D eigenvalue weighted by atomic mass is 16.5. The van der Waals surface area contributed by atoms with Crippen LogP contribution in [-0.2, 0) is 22.4 Å². The number of hydrogen-bond acceptors (Lipinski definition) is 3. The van der Waals surface area contributed by atoms with Gasteiger partial charge in [-0.15, -0.1) is 0 Å². The summed E-state index contributed by atoms with van der Waals surface area (Å²) in [5, 5.41) is 8.79. The fourth-order valence-electron chi connectivity index (χ4n) is 1.61. The van der Waals surface area contributed by atoms with Gasteiger partial charge in [0.05, 0.1) is 13.0 Å². The van der Waals surface area contributed by atoms with Gasteiger partial charge in [-0.2, -0.15) is 0 Å². The zero-order valence-corrected chi connectivity index (χ0v) is 9.61. The maximum Gasteiger partial charge on any atom is 0.310 e. The van der Waals surface area contributed by atoms with Crippen molar-refractivity contribution in [2.45, 2.75) is 26.2 Å². The van der Waals surface area contributed by atoms with E-state index in [2.05, 4.69) is 0 Å². The first-order valence-electron chi connectivity index (χ1n) is 5.61. The van der Waals surface area contributed by atoms with Crippen LogP contribution in [-0.4, -0.2) is 24.3 Å². The summed E-state index contributed by atoms with van der Waals surface area (Å²) in [5.74, 6) is -0.195. The van der Waals surface area contributed by atoms with Gasteiger partial charge < -0.3 is 9.84 Å². The lowest BCUT2D eigenvalue weighted by atomic mass is 10.0. The Balaban J connectivity index is 2.66. The first-order chi connectivity index (χ1) is 7.77. The molecular formula is C13H18O3. The van der Waals surface area contributed by atoms with Crippen molar-refractivity contribution in [3.8, 4) is 0 Å². The number of benzene rings is 1. The molecule has 16 heavy (non-hydrogen) atoms. The van der Waals surface area contributed by atoms with Crippen molar-refractivity contribution in [3.05, 3.63) is 35.4 Å². The van der Waals surface area contributed by atoms with E-state index in [0.717, 1.165) is 24.0 Å². The summed E-state index contributed by atoms with van der Waals surface area (Å²) in [6.07, 6.45) is 1.83. The molecule has 0 aliphatic carbocycles. The van der Waals surface area contributed by atoms with E-state index in [9.17, 15) is 4.79 Å². The molecule has 3 nitrogen and oxygen atoms in total. The SMILES string of the molecule is CCOC(=O)Cc1ccccc1CCCO. The number of ether oxygens (including phenoxy) is 1. The minimum Gasteiger partial charge on any atom is -0.466 e. The number of carbonyl (C=O) groups excluding carboxylic acids is 1. The van der Waals surface area contributed by atoms with Crippen LogP contribution < -0.4 is 0 Å². The number of esters is 1. The van der Waals surface area contributed by atoms with E-state index in [1.807, 2.05) is 24.3 Å². The molecule has 0 bridgehead atoms. The van der Waals surface area contributed by atoms with Gasteiger partial charge in [-0.1, -0.05) is 24.3 Å². The standard InChI is InChI=1S/C13H18O3/c1-2-16-13(15)10-12-7-4-3-6-11(12)8-5-9-14/h3-4,6-7,14H,2,5,8-10H2,1H3. The molecule has 1 N–H and O–H groups in total. The predicted molar refractivity (Wildman–Crippen MR) is 62.2 cm³/mol. The molecule has 0 aromatic heterocycles. The molecule has 0 atom stereocenters. The van der Waals surface area contributed by atoms with Gasteiger partial charge in [0, 0.05) is 6.61 Å². The van der Waals surface area contributed by atoms with Crippen LogP contribution in [0.3, 0.4) is 0 Å². The van der Waals surface area contributed by atoms with E-state index in [1.165, 1.54) is 0 Å². The quantitative estimate of drug-likeness (QED) is 0.745. The molecule has 0 saturated carbocycles. The average molecular weight is 222 g/mol. The van der Waals surface area contributed by atoms with Gasteiger partial charge in [-0.3, -0.25) is 4.79 Å². The van der Waals surface area contributed by atoms with E-state index in [0.29, 0.717) is 13.0 Å². The van der Waals surface area contributed by atoms with Gasteiger partial charge in [-0.05, 0) is 30.9 Å². The van der Waals surface area contributed by atoms with Crippen LogP contribution in [0.2, 0.25) is 0 Å². The lowest BCUT2D eigenvalue weighted by Gasteiger charge is -2.08. The number of hydrogen-bond donors (Lipinski definition) is 1. The number of aryl methyl sites for hydroxylation is 1. The molecule has 1 aromatic carbocycles. The van der Waals surface area contributed by atoms with Crippen molar-refractivity contribution in [2.24, 2.45) is 0 Å². The van der Waals surface area contributed by atoms with Crippen molar-refractivity contribution in [1.82, 2.24) is 0 Å². The molecule has 88 valence electrons. The maximum atomic E-state index is 11.4. The molecule has 0 fully saturated rings. The number of carbonyl (C=O) groups is 1. The van der Waals surface area contributed by atoms with E-state index in [1.54, 1.807) is 6.92 Å². The molecule has 1 rings (SSSR count). The third-order valence-electron chi connectivity index (χ3n) is 2.36. The first-order valence-corrected chi connectivity index (χ1v) is 5.61. The normalized spacial score (nSPS) is 10.1. The van der Waals surface area contributed by atoms with E-state index < -0.39 is 0 Å². The summed E-state index contributed by atoms with van der Waals surface area (Å²) in [5.41, 5.74) is 2.11. The van der Waals surface area contributed by atoms with Gasteiger partial charge in [0.2, 0.25) is 0 Å². The Bertz CT molecular complexity index is 334. The molecule has 0 radical (unpaired) electrons. The molecule has 0 unspecified atom stereocenters. The molecular weight excluding hydrogens is 204 g/mol. The minimum atomic E-state index is -0.195. The summed E-state index contributed by atoms with van der Waals surface area (Å²) in [6.45, 7) is 2.39. The summed E-state index contributed by atoms with van der Waals surface area (Å²) in [6, 6.07) is 7.78. The molecule has 1 aromatic rings. The lowest BCUT2D eigenvalue weighted by molar-refractivity contribution is -0.142. The zero-order chi connectivity index (χ0) is 11.8. The highest BCUT2D eigenvalue weighted by molar-refractivity contribution is 5.73. The smallest absolute Gasteiger partial charge is 0.310 e. The second-order valence-electron chi connectivity index (χ2n) is 3.58.